The fourth-order valence-electron chi connectivity index (χ4n) is 2.33. The van der Waals surface area contributed by atoms with Crippen molar-refractivity contribution in [2.75, 3.05) is 13.7 Å². The van der Waals surface area contributed by atoms with Crippen LogP contribution >= 0.6 is 27.5 Å². The lowest BCUT2D eigenvalue weighted by atomic mass is 10.0. The summed E-state index contributed by atoms with van der Waals surface area (Å²) in [5.41, 5.74) is 1.60. The lowest BCUT2D eigenvalue weighted by Gasteiger charge is -2.18. The Balaban J connectivity index is 1.95. The Bertz CT molecular complexity index is 769. The van der Waals surface area contributed by atoms with Crippen molar-refractivity contribution in [1.29, 1.82) is 0 Å². The monoisotopic (exact) mass is 439 g/mol. The van der Waals surface area contributed by atoms with Crippen molar-refractivity contribution >= 4 is 39.4 Å². The first-order valence-corrected chi connectivity index (χ1v) is 9.09. The summed E-state index contributed by atoms with van der Waals surface area (Å²) in [6, 6.07) is 14.2. The van der Waals surface area contributed by atoms with E-state index in [1.165, 1.54) is 7.11 Å². The number of rotatable bonds is 8. The molecule has 0 unspecified atom stereocenters. The number of carbonyl (C=O) groups is 2. The predicted molar refractivity (Wildman–Crippen MR) is 103 cm³/mol. The minimum atomic E-state index is -0.503. The van der Waals surface area contributed by atoms with E-state index in [1.54, 1.807) is 6.07 Å². The fourth-order valence-corrected chi connectivity index (χ4v) is 2.94. The van der Waals surface area contributed by atoms with E-state index in [0.29, 0.717) is 5.02 Å². The van der Waals surface area contributed by atoms with E-state index in [4.69, 9.17) is 21.1 Å². The zero-order chi connectivity index (χ0) is 18.9. The van der Waals surface area contributed by atoms with Gasteiger partial charge in [-0.25, -0.2) is 0 Å². The summed E-state index contributed by atoms with van der Waals surface area (Å²) in [6.45, 7) is 0.0859. The van der Waals surface area contributed by atoms with Gasteiger partial charge in [-0.1, -0.05) is 57.9 Å². The molecule has 2 aromatic rings. The van der Waals surface area contributed by atoms with Gasteiger partial charge in [-0.2, -0.15) is 0 Å². The SMILES string of the molecule is COC(=O)C[C@@H](NC(=O)COCc1ccccc1Cl)c1cccc(Br)c1. The number of benzene rings is 2. The van der Waals surface area contributed by atoms with E-state index < -0.39 is 12.0 Å². The molecule has 1 N–H and O–H groups in total. The molecule has 2 rings (SSSR count). The number of amides is 1. The first-order valence-electron chi connectivity index (χ1n) is 7.92. The summed E-state index contributed by atoms with van der Waals surface area (Å²) in [5, 5.41) is 3.40. The van der Waals surface area contributed by atoms with Gasteiger partial charge >= 0.3 is 5.97 Å². The molecule has 0 heterocycles. The maximum Gasteiger partial charge on any atom is 0.307 e. The van der Waals surface area contributed by atoms with Gasteiger partial charge in [0.15, 0.2) is 0 Å². The van der Waals surface area contributed by atoms with E-state index in [-0.39, 0.29) is 25.5 Å². The molecule has 0 fully saturated rings. The number of hydrogen-bond acceptors (Lipinski definition) is 4. The molecule has 0 saturated heterocycles. The van der Waals surface area contributed by atoms with Crippen molar-refractivity contribution in [3.05, 3.63) is 69.2 Å². The average Bonchev–Trinajstić information content (AvgIpc) is 2.62. The molecule has 0 aliphatic carbocycles. The Labute approximate surface area is 165 Å². The number of ether oxygens (including phenoxy) is 2. The smallest absolute Gasteiger partial charge is 0.307 e. The van der Waals surface area contributed by atoms with Gasteiger partial charge in [-0.05, 0) is 29.3 Å². The molecule has 1 atom stereocenters. The van der Waals surface area contributed by atoms with Crippen molar-refractivity contribution in [1.82, 2.24) is 5.32 Å². The molecular formula is C19H19BrClNO4. The number of hydrogen-bond donors (Lipinski definition) is 1. The molecule has 138 valence electrons. The van der Waals surface area contributed by atoms with Crippen LogP contribution in [0.4, 0.5) is 0 Å². The molecule has 26 heavy (non-hydrogen) atoms. The molecule has 0 radical (unpaired) electrons. The first-order chi connectivity index (χ1) is 12.5. The molecule has 5 nitrogen and oxygen atoms in total. The Hall–Kier alpha value is -1.89. The minimum absolute atomic E-state index is 0.0310. The van der Waals surface area contributed by atoms with Crippen LogP contribution in [0.1, 0.15) is 23.6 Å². The Morgan fingerprint density at radius 2 is 1.96 bits per heavy atom. The summed E-state index contributed by atoms with van der Waals surface area (Å²) in [4.78, 5) is 23.9. The van der Waals surface area contributed by atoms with Crippen molar-refractivity contribution in [2.45, 2.75) is 19.1 Å². The minimum Gasteiger partial charge on any atom is -0.469 e. The molecule has 0 aliphatic heterocycles. The average molecular weight is 441 g/mol. The summed E-state index contributed by atoms with van der Waals surface area (Å²) >= 11 is 9.44. The van der Waals surface area contributed by atoms with Gasteiger partial charge in [-0.15, -0.1) is 0 Å². The van der Waals surface area contributed by atoms with Crippen LogP contribution in [-0.2, 0) is 25.7 Å². The van der Waals surface area contributed by atoms with E-state index in [2.05, 4.69) is 21.2 Å². The maximum atomic E-state index is 12.2. The molecule has 0 bridgehead atoms. The second-order valence-electron chi connectivity index (χ2n) is 5.54. The predicted octanol–water partition coefficient (Wildman–Crippen LogP) is 4.04. The summed E-state index contributed by atoms with van der Waals surface area (Å²) < 4.78 is 11.0. The molecule has 2 aromatic carbocycles. The highest BCUT2D eigenvalue weighted by atomic mass is 79.9. The third kappa shape index (κ3) is 6.44. The molecule has 0 saturated carbocycles. The highest BCUT2D eigenvalue weighted by Gasteiger charge is 2.19. The van der Waals surface area contributed by atoms with Crippen LogP contribution in [0.15, 0.2) is 53.0 Å². The van der Waals surface area contributed by atoms with Crippen LogP contribution in [0, 0.1) is 0 Å². The zero-order valence-corrected chi connectivity index (χ0v) is 16.5. The van der Waals surface area contributed by atoms with Gasteiger partial charge < -0.3 is 14.8 Å². The molecule has 0 spiro atoms. The topological polar surface area (TPSA) is 64.6 Å². The van der Waals surface area contributed by atoms with Gasteiger partial charge in [0.05, 0.1) is 26.2 Å². The summed E-state index contributed by atoms with van der Waals surface area (Å²) in [5.74, 6) is -0.738. The van der Waals surface area contributed by atoms with Crippen LogP contribution in [0.25, 0.3) is 0 Å². The molecule has 0 aromatic heterocycles. The quantitative estimate of drug-likeness (QED) is 0.629. The van der Waals surface area contributed by atoms with Gasteiger partial charge in [-0.3, -0.25) is 9.59 Å². The number of carbonyl (C=O) groups excluding carboxylic acids is 2. The molecule has 1 amide bonds. The van der Waals surface area contributed by atoms with Gasteiger partial charge in [0.1, 0.15) is 6.61 Å². The molecule has 0 aliphatic rings. The van der Waals surface area contributed by atoms with Crippen LogP contribution in [-0.4, -0.2) is 25.6 Å². The highest BCUT2D eigenvalue weighted by molar-refractivity contribution is 9.10. The maximum absolute atomic E-state index is 12.2. The molecular weight excluding hydrogens is 422 g/mol. The third-order valence-corrected chi connectivity index (χ3v) is 4.50. The van der Waals surface area contributed by atoms with Gasteiger partial charge in [0.25, 0.3) is 0 Å². The normalized spacial score (nSPS) is 11.7. The van der Waals surface area contributed by atoms with Crippen LogP contribution in [0.2, 0.25) is 5.02 Å². The van der Waals surface area contributed by atoms with Crippen LogP contribution < -0.4 is 5.32 Å². The zero-order valence-electron chi connectivity index (χ0n) is 14.2. The Morgan fingerprint density at radius 3 is 2.65 bits per heavy atom. The van der Waals surface area contributed by atoms with Crippen molar-refractivity contribution in [2.24, 2.45) is 0 Å². The number of nitrogens with one attached hydrogen (secondary N) is 1. The van der Waals surface area contributed by atoms with Crippen molar-refractivity contribution in [3.8, 4) is 0 Å². The fraction of sp³-hybridized carbons (Fsp3) is 0.263. The molecule has 7 heteroatoms. The lowest BCUT2D eigenvalue weighted by molar-refractivity contribution is -0.141. The van der Waals surface area contributed by atoms with Crippen molar-refractivity contribution in [3.63, 3.8) is 0 Å². The number of esters is 1. The highest BCUT2D eigenvalue weighted by Crippen LogP contribution is 2.21. The van der Waals surface area contributed by atoms with E-state index in [1.807, 2.05) is 42.5 Å². The lowest BCUT2D eigenvalue weighted by Crippen LogP contribution is -2.33. The second-order valence-corrected chi connectivity index (χ2v) is 6.86. The number of methoxy groups -OCH3 is 1. The second kappa shape index (κ2) is 10.3. The van der Waals surface area contributed by atoms with E-state index in [0.717, 1.165) is 15.6 Å². The number of halogens is 2. The van der Waals surface area contributed by atoms with E-state index >= 15 is 0 Å². The van der Waals surface area contributed by atoms with Gasteiger partial charge in [0.2, 0.25) is 5.91 Å². The van der Waals surface area contributed by atoms with Crippen molar-refractivity contribution < 1.29 is 19.1 Å². The Kier molecular flexibility index (Phi) is 8.09. The first kappa shape index (κ1) is 20.4. The standard InChI is InChI=1S/C19H19BrClNO4/c1-25-19(24)10-17(13-6-4-7-15(20)9-13)22-18(23)12-26-11-14-5-2-3-8-16(14)21/h2-9,17H,10-12H2,1H3,(H,22,23)/t17-/m1/s1. The van der Waals surface area contributed by atoms with Crippen LogP contribution in [0.3, 0.4) is 0 Å². The van der Waals surface area contributed by atoms with E-state index in [9.17, 15) is 9.59 Å². The summed E-state index contributed by atoms with van der Waals surface area (Å²) in [7, 11) is 1.31. The largest absolute Gasteiger partial charge is 0.469 e. The summed E-state index contributed by atoms with van der Waals surface area (Å²) in [6.07, 6.45) is 0.0310. The van der Waals surface area contributed by atoms with Gasteiger partial charge in [0, 0.05) is 9.50 Å². The third-order valence-electron chi connectivity index (χ3n) is 3.63. The van der Waals surface area contributed by atoms with Crippen LogP contribution in [0.5, 0.6) is 0 Å². The Morgan fingerprint density at radius 1 is 1.19 bits per heavy atom.